The largest absolute Gasteiger partial charge is 0.462 e. The van der Waals surface area contributed by atoms with Crippen LogP contribution in [-0.2, 0) is 27.7 Å². The van der Waals surface area contributed by atoms with Crippen molar-refractivity contribution >= 4 is 40.0 Å². The maximum Gasteiger partial charge on any atom is 0.355 e. The quantitative estimate of drug-likeness (QED) is 0.534. The van der Waals surface area contributed by atoms with E-state index in [1.807, 2.05) is 6.92 Å². The Kier molecular flexibility index (Phi) is 7.11. The fourth-order valence-corrected chi connectivity index (χ4v) is 3.40. The molecule has 9 heteroatoms. The summed E-state index contributed by atoms with van der Waals surface area (Å²) in [7, 11) is 1.60. The molecule has 28 heavy (non-hydrogen) atoms. The van der Waals surface area contributed by atoms with Crippen molar-refractivity contribution in [2.45, 2.75) is 27.2 Å². The Morgan fingerprint density at radius 1 is 1.11 bits per heavy atom. The van der Waals surface area contributed by atoms with Gasteiger partial charge in [-0.15, -0.1) is 11.3 Å². The monoisotopic (exact) mass is 406 g/mol. The minimum absolute atomic E-state index is 0.162. The van der Waals surface area contributed by atoms with E-state index >= 15 is 0 Å². The van der Waals surface area contributed by atoms with E-state index in [2.05, 4.69) is 5.32 Å². The third kappa shape index (κ3) is 5.07. The van der Waals surface area contributed by atoms with E-state index in [9.17, 15) is 19.2 Å². The van der Waals surface area contributed by atoms with E-state index in [1.54, 1.807) is 20.0 Å². The van der Waals surface area contributed by atoms with Gasteiger partial charge in [-0.2, -0.15) is 0 Å². The fraction of sp³-hybridized carbons (Fsp3) is 0.368. The molecule has 0 saturated heterocycles. The van der Waals surface area contributed by atoms with Crippen molar-refractivity contribution in [3.63, 3.8) is 0 Å². The van der Waals surface area contributed by atoms with Crippen molar-refractivity contribution in [3.05, 3.63) is 40.0 Å². The Morgan fingerprint density at radius 2 is 1.82 bits per heavy atom. The van der Waals surface area contributed by atoms with E-state index in [0.717, 1.165) is 4.88 Å². The molecule has 1 amide bonds. The molecule has 2 rings (SSSR count). The number of ketones is 1. The number of rotatable bonds is 8. The van der Waals surface area contributed by atoms with Crippen LogP contribution < -0.4 is 5.32 Å². The lowest BCUT2D eigenvalue weighted by Gasteiger charge is -2.07. The van der Waals surface area contributed by atoms with Gasteiger partial charge in [0.15, 0.2) is 12.4 Å². The van der Waals surface area contributed by atoms with E-state index < -0.39 is 24.5 Å². The molecule has 0 unspecified atom stereocenters. The normalized spacial score (nSPS) is 10.4. The average molecular weight is 406 g/mol. The molecule has 2 heterocycles. The summed E-state index contributed by atoms with van der Waals surface area (Å²) in [6.45, 7) is 4.72. The SMILES string of the molecule is CCOC(=O)c1cc(CC)sc1NC(=O)COC(=O)c1cc(C(C)=O)cn1C. The molecular weight excluding hydrogens is 384 g/mol. The standard InChI is InChI=1S/C19H22N2O6S/c1-5-13-8-14(18(24)26-6-2)17(28-13)20-16(23)10-27-19(25)15-7-12(11(3)22)9-21(15)4/h7-9H,5-6,10H2,1-4H3,(H,20,23). The van der Waals surface area contributed by atoms with Gasteiger partial charge >= 0.3 is 11.9 Å². The highest BCUT2D eigenvalue weighted by atomic mass is 32.1. The first kappa shape index (κ1) is 21.4. The molecule has 0 fully saturated rings. The van der Waals surface area contributed by atoms with Crippen LogP contribution in [0.25, 0.3) is 0 Å². The first-order chi connectivity index (χ1) is 13.3. The summed E-state index contributed by atoms with van der Waals surface area (Å²) in [4.78, 5) is 48.7. The van der Waals surface area contributed by atoms with Crippen molar-refractivity contribution in [2.24, 2.45) is 7.05 Å². The lowest BCUT2D eigenvalue weighted by atomic mass is 10.2. The minimum atomic E-state index is -0.726. The molecule has 2 aromatic rings. The van der Waals surface area contributed by atoms with Crippen LogP contribution in [0.5, 0.6) is 0 Å². The van der Waals surface area contributed by atoms with E-state index in [4.69, 9.17) is 9.47 Å². The second-order valence-electron chi connectivity index (χ2n) is 5.93. The van der Waals surface area contributed by atoms with Gasteiger partial charge in [0, 0.05) is 23.7 Å². The van der Waals surface area contributed by atoms with Gasteiger partial charge in [0.2, 0.25) is 0 Å². The third-order valence-corrected chi connectivity index (χ3v) is 5.03. The molecule has 0 radical (unpaired) electrons. The van der Waals surface area contributed by atoms with Gasteiger partial charge in [-0.25, -0.2) is 9.59 Å². The molecule has 0 bridgehead atoms. The molecule has 2 aromatic heterocycles. The number of hydrogen-bond acceptors (Lipinski definition) is 7. The second-order valence-corrected chi connectivity index (χ2v) is 7.07. The maximum atomic E-state index is 12.2. The molecule has 0 aliphatic carbocycles. The second kappa shape index (κ2) is 9.32. The van der Waals surface area contributed by atoms with Gasteiger partial charge in [0.1, 0.15) is 10.7 Å². The predicted octanol–water partition coefficient (Wildman–Crippen LogP) is 2.82. The lowest BCUT2D eigenvalue weighted by molar-refractivity contribution is -0.119. The van der Waals surface area contributed by atoms with Crippen LogP contribution in [0.1, 0.15) is 56.9 Å². The van der Waals surface area contributed by atoms with Gasteiger partial charge in [0.25, 0.3) is 5.91 Å². The number of anilines is 1. The van der Waals surface area contributed by atoms with Gasteiger partial charge < -0.3 is 19.4 Å². The number of hydrogen-bond donors (Lipinski definition) is 1. The highest BCUT2D eigenvalue weighted by Crippen LogP contribution is 2.29. The minimum Gasteiger partial charge on any atom is -0.462 e. The van der Waals surface area contributed by atoms with Gasteiger partial charge in [-0.3, -0.25) is 9.59 Å². The van der Waals surface area contributed by atoms with Crippen LogP contribution in [0.4, 0.5) is 5.00 Å². The number of amides is 1. The molecule has 8 nitrogen and oxygen atoms in total. The Bertz CT molecular complexity index is 912. The molecule has 0 aliphatic rings. The lowest BCUT2D eigenvalue weighted by Crippen LogP contribution is -2.22. The zero-order valence-corrected chi connectivity index (χ0v) is 17.0. The molecule has 0 saturated carbocycles. The summed E-state index contributed by atoms with van der Waals surface area (Å²) in [5.74, 6) is -2.00. The number of aryl methyl sites for hydroxylation is 2. The molecule has 0 atom stereocenters. The zero-order valence-electron chi connectivity index (χ0n) is 16.2. The van der Waals surface area contributed by atoms with Crippen LogP contribution in [0.2, 0.25) is 0 Å². The van der Waals surface area contributed by atoms with Crippen LogP contribution in [-0.4, -0.2) is 41.4 Å². The number of carbonyl (C=O) groups is 4. The predicted molar refractivity (Wildman–Crippen MR) is 104 cm³/mol. The Hall–Kier alpha value is -2.94. The summed E-state index contributed by atoms with van der Waals surface area (Å²) in [6, 6.07) is 3.09. The number of thiophene rings is 1. The summed E-state index contributed by atoms with van der Waals surface area (Å²) < 4.78 is 11.5. The van der Waals surface area contributed by atoms with Gasteiger partial charge in [0.05, 0.1) is 12.2 Å². The number of aromatic nitrogens is 1. The molecule has 0 aromatic carbocycles. The zero-order chi connectivity index (χ0) is 20.8. The van der Waals surface area contributed by atoms with E-state index in [0.29, 0.717) is 17.0 Å². The topological polar surface area (TPSA) is 104 Å². The van der Waals surface area contributed by atoms with Crippen LogP contribution in [0.3, 0.4) is 0 Å². The average Bonchev–Trinajstić information content (AvgIpc) is 3.23. The van der Waals surface area contributed by atoms with Crippen LogP contribution in [0, 0.1) is 0 Å². The van der Waals surface area contributed by atoms with E-state index in [1.165, 1.54) is 35.1 Å². The highest BCUT2D eigenvalue weighted by molar-refractivity contribution is 7.16. The summed E-state index contributed by atoms with van der Waals surface area (Å²) in [5.41, 5.74) is 0.815. The highest BCUT2D eigenvalue weighted by Gasteiger charge is 2.20. The molecular formula is C19H22N2O6S. The molecule has 0 aliphatic heterocycles. The number of ether oxygens (including phenoxy) is 2. The number of esters is 2. The summed E-state index contributed by atoms with van der Waals surface area (Å²) in [5, 5.41) is 2.95. The number of nitrogens with one attached hydrogen (secondary N) is 1. The Labute approximate surface area is 166 Å². The van der Waals surface area contributed by atoms with Crippen molar-refractivity contribution in [1.29, 1.82) is 0 Å². The molecule has 150 valence electrons. The van der Waals surface area contributed by atoms with Crippen molar-refractivity contribution in [2.75, 3.05) is 18.5 Å². The van der Waals surface area contributed by atoms with Crippen molar-refractivity contribution in [1.82, 2.24) is 4.57 Å². The maximum absolute atomic E-state index is 12.2. The molecule has 0 spiro atoms. The van der Waals surface area contributed by atoms with Crippen LogP contribution in [0.15, 0.2) is 18.3 Å². The fourth-order valence-electron chi connectivity index (χ4n) is 2.40. The first-order valence-corrected chi connectivity index (χ1v) is 9.52. The van der Waals surface area contributed by atoms with E-state index in [-0.39, 0.29) is 23.6 Å². The third-order valence-electron chi connectivity index (χ3n) is 3.83. The van der Waals surface area contributed by atoms with Gasteiger partial charge in [-0.1, -0.05) is 6.92 Å². The van der Waals surface area contributed by atoms with Gasteiger partial charge in [-0.05, 0) is 32.4 Å². The van der Waals surface area contributed by atoms with Crippen molar-refractivity contribution < 1.29 is 28.7 Å². The Balaban J connectivity index is 2.03. The Morgan fingerprint density at radius 3 is 2.39 bits per heavy atom. The number of Topliss-reactive ketones (excluding diaryl/α,β-unsaturated/α-hetero) is 1. The number of carbonyl (C=O) groups excluding carboxylic acids is 4. The van der Waals surface area contributed by atoms with Crippen LogP contribution >= 0.6 is 11.3 Å². The molecule has 1 N–H and O–H groups in total. The summed E-state index contributed by atoms with van der Waals surface area (Å²) in [6.07, 6.45) is 2.22. The summed E-state index contributed by atoms with van der Waals surface area (Å²) >= 11 is 1.27. The van der Waals surface area contributed by atoms with Crippen molar-refractivity contribution in [3.8, 4) is 0 Å². The number of nitrogens with zero attached hydrogens (tertiary/aromatic N) is 1. The first-order valence-electron chi connectivity index (χ1n) is 8.70. The smallest absolute Gasteiger partial charge is 0.355 e.